The van der Waals surface area contributed by atoms with Gasteiger partial charge in [-0.15, -0.1) is 0 Å². The van der Waals surface area contributed by atoms with E-state index in [1.807, 2.05) is 42.3 Å². The molecule has 1 N–H and O–H groups in total. The Morgan fingerprint density at radius 3 is 2.56 bits per heavy atom. The number of hydrogen-bond acceptors (Lipinski definition) is 4. The Morgan fingerprint density at radius 1 is 1.16 bits per heavy atom. The number of carbonyl (C=O) groups excluding carboxylic acids is 1. The van der Waals surface area contributed by atoms with Crippen LogP contribution in [0.5, 0.6) is 11.5 Å². The molecular weight excluding hydrogens is 340 g/mol. The van der Waals surface area contributed by atoms with Crippen LogP contribution in [0.1, 0.15) is 12.0 Å². The molecule has 0 saturated heterocycles. The number of ether oxygens (including phenoxy) is 2. The number of fused-ring (bicyclic) bond motifs is 1. The number of carbonyl (C=O) groups is 1. The molecule has 1 amide bonds. The molecule has 1 aliphatic rings. The van der Waals surface area contributed by atoms with Gasteiger partial charge in [-0.2, -0.15) is 0 Å². The number of amides is 1. The van der Waals surface area contributed by atoms with E-state index in [-0.39, 0.29) is 12.5 Å². The summed E-state index contributed by atoms with van der Waals surface area (Å²) in [4.78, 5) is 14.3. The Hall–Kier alpha value is -2.24. The zero-order valence-corrected chi connectivity index (χ0v) is 14.9. The first-order valence-electron chi connectivity index (χ1n) is 8.23. The van der Waals surface area contributed by atoms with Gasteiger partial charge in [0.05, 0.1) is 30.5 Å². The molecule has 2 aromatic carbocycles. The first kappa shape index (κ1) is 17.6. The quantitative estimate of drug-likeness (QED) is 0.885. The van der Waals surface area contributed by atoms with E-state index >= 15 is 0 Å². The van der Waals surface area contributed by atoms with Crippen LogP contribution in [0.15, 0.2) is 42.5 Å². The number of anilines is 1. The van der Waals surface area contributed by atoms with Crippen LogP contribution >= 0.6 is 11.6 Å². The van der Waals surface area contributed by atoms with Crippen LogP contribution in [-0.2, 0) is 11.3 Å². The van der Waals surface area contributed by atoms with E-state index in [2.05, 4.69) is 5.32 Å². The van der Waals surface area contributed by atoms with E-state index in [9.17, 15) is 4.79 Å². The minimum atomic E-state index is -0.130. The topological polar surface area (TPSA) is 50.8 Å². The van der Waals surface area contributed by atoms with E-state index < -0.39 is 0 Å². The second-order valence-electron chi connectivity index (χ2n) is 6.04. The third-order valence-corrected chi connectivity index (χ3v) is 4.13. The van der Waals surface area contributed by atoms with Crippen molar-refractivity contribution in [1.82, 2.24) is 4.90 Å². The normalized spacial score (nSPS) is 13.4. The molecule has 132 valence electrons. The van der Waals surface area contributed by atoms with Gasteiger partial charge in [0.1, 0.15) is 0 Å². The summed E-state index contributed by atoms with van der Waals surface area (Å²) >= 11 is 6.26. The fourth-order valence-corrected chi connectivity index (χ4v) is 2.87. The van der Waals surface area contributed by atoms with Gasteiger partial charge in [-0.1, -0.05) is 41.9 Å². The van der Waals surface area contributed by atoms with Crippen LogP contribution in [0.4, 0.5) is 5.69 Å². The predicted molar refractivity (Wildman–Crippen MR) is 98.5 cm³/mol. The molecule has 5 nitrogen and oxygen atoms in total. The second kappa shape index (κ2) is 8.23. The first-order valence-corrected chi connectivity index (χ1v) is 8.61. The molecular formula is C19H21ClN2O3. The van der Waals surface area contributed by atoms with Gasteiger partial charge >= 0.3 is 0 Å². The lowest BCUT2D eigenvalue weighted by Gasteiger charge is -2.17. The van der Waals surface area contributed by atoms with Crippen LogP contribution in [0, 0.1) is 0 Å². The van der Waals surface area contributed by atoms with Crippen molar-refractivity contribution in [1.29, 1.82) is 0 Å². The largest absolute Gasteiger partial charge is 0.490 e. The van der Waals surface area contributed by atoms with Gasteiger partial charge in [0, 0.05) is 25.1 Å². The van der Waals surface area contributed by atoms with Crippen LogP contribution in [0.2, 0.25) is 5.02 Å². The summed E-state index contributed by atoms with van der Waals surface area (Å²) in [6.45, 7) is 2.14. The van der Waals surface area contributed by atoms with Crippen molar-refractivity contribution in [2.45, 2.75) is 13.0 Å². The summed E-state index contributed by atoms with van der Waals surface area (Å²) in [7, 11) is 1.90. The van der Waals surface area contributed by atoms with Gasteiger partial charge in [-0.25, -0.2) is 0 Å². The van der Waals surface area contributed by atoms with Crippen LogP contribution in [0.25, 0.3) is 0 Å². The lowest BCUT2D eigenvalue weighted by Crippen LogP contribution is -2.29. The van der Waals surface area contributed by atoms with Crippen molar-refractivity contribution < 1.29 is 14.3 Å². The fraction of sp³-hybridized carbons (Fsp3) is 0.316. The van der Waals surface area contributed by atoms with Gasteiger partial charge in [0.25, 0.3) is 0 Å². The molecule has 1 heterocycles. The van der Waals surface area contributed by atoms with Crippen molar-refractivity contribution in [3.05, 3.63) is 53.1 Å². The molecule has 0 bridgehead atoms. The standard InChI is InChI=1S/C19H21ClN2O3/c1-22(12-14-6-3-2-4-7-14)13-19(23)21-16-11-18-17(10-15(16)20)24-8-5-9-25-18/h2-4,6-7,10-11H,5,8-9,12-13H2,1H3,(H,21,23). The monoisotopic (exact) mass is 360 g/mol. The van der Waals surface area contributed by atoms with E-state index in [1.165, 1.54) is 0 Å². The molecule has 0 radical (unpaired) electrons. The van der Waals surface area contributed by atoms with Gasteiger partial charge in [-0.05, 0) is 12.6 Å². The summed E-state index contributed by atoms with van der Waals surface area (Å²) < 4.78 is 11.2. The summed E-state index contributed by atoms with van der Waals surface area (Å²) in [6, 6.07) is 13.4. The lowest BCUT2D eigenvalue weighted by atomic mass is 10.2. The fourth-order valence-electron chi connectivity index (χ4n) is 2.67. The van der Waals surface area contributed by atoms with Gasteiger partial charge < -0.3 is 14.8 Å². The highest BCUT2D eigenvalue weighted by molar-refractivity contribution is 6.34. The first-order chi connectivity index (χ1) is 12.1. The van der Waals surface area contributed by atoms with Crippen LogP contribution in [0.3, 0.4) is 0 Å². The summed E-state index contributed by atoms with van der Waals surface area (Å²) in [6.07, 6.45) is 0.818. The minimum Gasteiger partial charge on any atom is -0.490 e. The van der Waals surface area contributed by atoms with E-state index in [1.54, 1.807) is 12.1 Å². The Balaban J connectivity index is 1.61. The highest BCUT2D eigenvalue weighted by atomic mass is 35.5. The molecule has 2 aromatic rings. The summed E-state index contributed by atoms with van der Waals surface area (Å²) in [5.74, 6) is 1.09. The maximum atomic E-state index is 12.3. The molecule has 0 unspecified atom stereocenters. The SMILES string of the molecule is CN(CC(=O)Nc1cc2c(cc1Cl)OCCCO2)Cc1ccccc1. The highest BCUT2D eigenvalue weighted by Crippen LogP contribution is 2.37. The molecule has 6 heteroatoms. The summed E-state index contributed by atoms with van der Waals surface area (Å²) in [5.41, 5.74) is 1.69. The number of nitrogens with one attached hydrogen (secondary N) is 1. The number of halogens is 1. The van der Waals surface area contributed by atoms with Gasteiger partial charge in [0.15, 0.2) is 11.5 Å². The second-order valence-corrected chi connectivity index (χ2v) is 6.44. The molecule has 0 atom stereocenters. The van der Waals surface area contributed by atoms with Crippen molar-refractivity contribution in [3.63, 3.8) is 0 Å². The van der Waals surface area contributed by atoms with Crippen LogP contribution in [-0.4, -0.2) is 37.6 Å². The molecule has 1 aliphatic heterocycles. The highest BCUT2D eigenvalue weighted by Gasteiger charge is 2.16. The minimum absolute atomic E-state index is 0.130. The third kappa shape index (κ3) is 4.87. The van der Waals surface area contributed by atoms with Crippen molar-refractivity contribution in [3.8, 4) is 11.5 Å². The summed E-state index contributed by atoms with van der Waals surface area (Å²) in [5, 5.41) is 3.28. The molecule has 0 saturated carbocycles. The average molecular weight is 361 g/mol. The van der Waals surface area contributed by atoms with Crippen molar-refractivity contribution >= 4 is 23.2 Å². The average Bonchev–Trinajstić information content (AvgIpc) is 2.80. The van der Waals surface area contributed by atoms with Crippen LogP contribution < -0.4 is 14.8 Å². The van der Waals surface area contributed by atoms with Gasteiger partial charge in [0.2, 0.25) is 5.91 Å². The maximum absolute atomic E-state index is 12.3. The number of rotatable bonds is 5. The Kier molecular flexibility index (Phi) is 5.79. The lowest BCUT2D eigenvalue weighted by molar-refractivity contribution is -0.117. The van der Waals surface area contributed by atoms with Crippen molar-refractivity contribution in [2.24, 2.45) is 0 Å². The molecule has 3 rings (SSSR count). The van der Waals surface area contributed by atoms with Gasteiger partial charge in [-0.3, -0.25) is 9.69 Å². The molecule has 0 spiro atoms. The number of likely N-dealkylation sites (N-methyl/N-ethyl adjacent to an activating group) is 1. The Labute approximate surface area is 152 Å². The molecule has 0 aliphatic carbocycles. The predicted octanol–water partition coefficient (Wildman–Crippen LogP) is 3.57. The smallest absolute Gasteiger partial charge is 0.238 e. The van der Waals surface area contributed by atoms with E-state index in [0.29, 0.717) is 42.0 Å². The van der Waals surface area contributed by atoms with E-state index in [4.69, 9.17) is 21.1 Å². The number of nitrogens with zero attached hydrogens (tertiary/aromatic N) is 1. The number of benzene rings is 2. The molecule has 0 fully saturated rings. The van der Waals surface area contributed by atoms with E-state index in [0.717, 1.165) is 12.0 Å². The maximum Gasteiger partial charge on any atom is 0.238 e. The number of hydrogen-bond donors (Lipinski definition) is 1. The Morgan fingerprint density at radius 2 is 1.84 bits per heavy atom. The molecule has 0 aromatic heterocycles. The Bertz CT molecular complexity index is 737. The van der Waals surface area contributed by atoms with Crippen molar-refractivity contribution in [2.75, 3.05) is 32.1 Å². The molecule has 25 heavy (non-hydrogen) atoms. The zero-order chi connectivity index (χ0) is 17.6. The third-order valence-electron chi connectivity index (χ3n) is 3.82. The zero-order valence-electron chi connectivity index (χ0n) is 14.1.